The molecule has 0 saturated heterocycles. The number of rotatable bonds is 7. The Balaban J connectivity index is 0.00000676. The number of benzene rings is 1. The number of ether oxygens (including phenoxy) is 1. The van der Waals surface area contributed by atoms with Gasteiger partial charge in [0, 0.05) is 24.2 Å². The normalized spacial score (nSPS) is 12.5. The van der Waals surface area contributed by atoms with E-state index in [-0.39, 0.29) is 35.9 Å². The Bertz CT molecular complexity index is 658. The summed E-state index contributed by atoms with van der Waals surface area (Å²) in [6.07, 6.45) is -0.299. The lowest BCUT2D eigenvalue weighted by atomic mass is 9.92. The first-order valence-corrected chi connectivity index (χ1v) is 8.79. The van der Waals surface area contributed by atoms with E-state index in [0.717, 1.165) is 0 Å². The molecule has 0 fully saturated rings. The largest absolute Gasteiger partial charge is 0.489 e. The fourth-order valence-corrected chi connectivity index (χ4v) is 2.18. The monoisotopic (exact) mass is 397 g/mol. The molecule has 152 valence electrons. The molecule has 0 aliphatic heterocycles. The van der Waals surface area contributed by atoms with E-state index in [2.05, 4.69) is 16.7 Å². The van der Waals surface area contributed by atoms with Crippen molar-refractivity contribution in [1.82, 2.24) is 5.32 Å². The predicted molar refractivity (Wildman–Crippen MR) is 110 cm³/mol. The van der Waals surface area contributed by atoms with Gasteiger partial charge in [-0.1, -0.05) is 20.8 Å². The summed E-state index contributed by atoms with van der Waals surface area (Å²) in [4.78, 5) is 12.0. The number of carbonyl (C=O) groups excluding carboxylic acids is 1. The second-order valence-electron chi connectivity index (χ2n) is 8.70. The van der Waals surface area contributed by atoms with Gasteiger partial charge in [0.05, 0.1) is 5.56 Å². The first kappa shape index (κ1) is 25.2. The van der Waals surface area contributed by atoms with Crippen molar-refractivity contribution in [1.29, 1.82) is 5.26 Å². The molecule has 0 bridgehead atoms. The van der Waals surface area contributed by atoms with Crippen molar-refractivity contribution < 1.29 is 14.6 Å². The summed E-state index contributed by atoms with van der Waals surface area (Å²) in [5.41, 5.74) is 0.668. The van der Waals surface area contributed by atoms with Crippen LogP contribution in [0.15, 0.2) is 18.2 Å². The molecule has 27 heavy (non-hydrogen) atoms. The van der Waals surface area contributed by atoms with Crippen LogP contribution in [0, 0.1) is 16.7 Å². The number of β-amino-alcohol motifs (C(OH)–C–C–N with tert-alkyl or cyclic N) is 1. The number of nitriles is 1. The smallest absolute Gasteiger partial charge is 0.224 e. The number of carbonyl (C=O) groups is 1. The van der Waals surface area contributed by atoms with Crippen LogP contribution < -0.4 is 15.4 Å². The van der Waals surface area contributed by atoms with Crippen LogP contribution in [-0.4, -0.2) is 35.8 Å². The molecule has 6 nitrogen and oxygen atoms in total. The van der Waals surface area contributed by atoms with Gasteiger partial charge >= 0.3 is 0 Å². The number of amides is 1. The third-order valence-electron chi connectivity index (χ3n) is 3.37. The van der Waals surface area contributed by atoms with E-state index >= 15 is 0 Å². The minimum Gasteiger partial charge on any atom is -0.489 e. The predicted octanol–water partition coefficient (Wildman–Crippen LogP) is 3.48. The lowest BCUT2D eigenvalue weighted by Crippen LogP contribution is -2.42. The lowest BCUT2D eigenvalue weighted by Gasteiger charge is -2.23. The molecular weight excluding hydrogens is 366 g/mol. The Morgan fingerprint density at radius 1 is 1.26 bits per heavy atom. The van der Waals surface area contributed by atoms with Crippen LogP contribution in [0.2, 0.25) is 0 Å². The maximum Gasteiger partial charge on any atom is 0.224 e. The average Bonchev–Trinajstić information content (AvgIpc) is 2.48. The molecule has 3 N–H and O–H groups in total. The highest BCUT2D eigenvalue weighted by Crippen LogP contribution is 2.24. The summed E-state index contributed by atoms with van der Waals surface area (Å²) >= 11 is 0. The summed E-state index contributed by atoms with van der Waals surface area (Å²) in [5.74, 6) is 0.287. The molecule has 0 radical (unpaired) electrons. The molecule has 0 heterocycles. The summed E-state index contributed by atoms with van der Waals surface area (Å²) in [7, 11) is 0. The minimum absolute atomic E-state index is 0. The van der Waals surface area contributed by atoms with Crippen LogP contribution in [0.5, 0.6) is 5.75 Å². The Hall–Kier alpha value is -1.81. The van der Waals surface area contributed by atoms with Crippen molar-refractivity contribution in [3.05, 3.63) is 23.8 Å². The standard InChI is InChI=1S/C20H31N3O3.ClH/c1-19(2,3)10-18(25)23-15-7-8-17(14(9-15)11-21)26-13-16(24)12-22-20(4,5)6;/h7-9,16,22,24H,10,12-13H2,1-6H3,(H,23,25);1H. The SMILES string of the molecule is CC(C)(C)CC(=O)Nc1ccc(OCC(O)CNC(C)(C)C)c(C#N)c1.Cl. The molecule has 7 heteroatoms. The summed E-state index contributed by atoms with van der Waals surface area (Å²) in [5, 5.41) is 25.3. The van der Waals surface area contributed by atoms with Crippen molar-refractivity contribution in [2.75, 3.05) is 18.5 Å². The molecular formula is C20H32ClN3O3. The van der Waals surface area contributed by atoms with E-state index in [1.807, 2.05) is 41.5 Å². The summed E-state index contributed by atoms with van der Waals surface area (Å²) in [6, 6.07) is 6.97. The number of hydrogen-bond acceptors (Lipinski definition) is 5. The first-order chi connectivity index (χ1) is 11.9. The number of nitrogens with zero attached hydrogens (tertiary/aromatic N) is 1. The van der Waals surface area contributed by atoms with Crippen molar-refractivity contribution in [2.24, 2.45) is 5.41 Å². The van der Waals surface area contributed by atoms with Gasteiger partial charge in [-0.25, -0.2) is 0 Å². The van der Waals surface area contributed by atoms with Gasteiger partial charge < -0.3 is 20.5 Å². The molecule has 1 rings (SSSR count). The van der Waals surface area contributed by atoms with Gasteiger partial charge in [0.25, 0.3) is 0 Å². The number of halogens is 1. The molecule has 0 aromatic heterocycles. The highest BCUT2D eigenvalue weighted by Gasteiger charge is 2.17. The second-order valence-corrected chi connectivity index (χ2v) is 8.70. The zero-order valence-electron chi connectivity index (χ0n) is 17.0. The highest BCUT2D eigenvalue weighted by molar-refractivity contribution is 5.91. The van der Waals surface area contributed by atoms with Crippen molar-refractivity contribution in [2.45, 2.75) is 59.6 Å². The van der Waals surface area contributed by atoms with Gasteiger partial charge in [-0.05, 0) is 44.4 Å². The Morgan fingerprint density at radius 2 is 1.89 bits per heavy atom. The Morgan fingerprint density at radius 3 is 2.41 bits per heavy atom. The van der Waals surface area contributed by atoms with E-state index in [1.165, 1.54) is 0 Å². The fraction of sp³-hybridized carbons (Fsp3) is 0.600. The van der Waals surface area contributed by atoms with Crippen LogP contribution in [-0.2, 0) is 4.79 Å². The molecule has 1 aromatic carbocycles. The zero-order valence-corrected chi connectivity index (χ0v) is 17.9. The summed E-state index contributed by atoms with van der Waals surface area (Å²) in [6.45, 7) is 12.5. The molecule has 1 amide bonds. The lowest BCUT2D eigenvalue weighted by molar-refractivity contribution is -0.117. The third kappa shape index (κ3) is 10.8. The zero-order chi connectivity index (χ0) is 20.0. The fourth-order valence-electron chi connectivity index (χ4n) is 2.18. The number of nitrogens with one attached hydrogen (secondary N) is 2. The van der Waals surface area contributed by atoms with Gasteiger partial charge in [0.15, 0.2) is 0 Å². The van der Waals surface area contributed by atoms with Gasteiger partial charge in [0.2, 0.25) is 5.91 Å². The number of hydrogen-bond donors (Lipinski definition) is 3. The second kappa shape index (κ2) is 10.5. The number of aliphatic hydroxyl groups is 1. The van der Waals surface area contributed by atoms with E-state index in [9.17, 15) is 15.2 Å². The van der Waals surface area contributed by atoms with Crippen molar-refractivity contribution in [3.63, 3.8) is 0 Å². The van der Waals surface area contributed by atoms with E-state index in [1.54, 1.807) is 18.2 Å². The van der Waals surface area contributed by atoms with E-state index < -0.39 is 6.10 Å². The molecule has 1 aromatic rings. The first-order valence-electron chi connectivity index (χ1n) is 8.79. The maximum atomic E-state index is 12.0. The topological polar surface area (TPSA) is 94.4 Å². The minimum atomic E-state index is -0.688. The molecule has 0 aliphatic carbocycles. The highest BCUT2D eigenvalue weighted by atomic mass is 35.5. The third-order valence-corrected chi connectivity index (χ3v) is 3.37. The Kier molecular flexibility index (Phi) is 9.80. The van der Waals surface area contributed by atoms with Crippen molar-refractivity contribution in [3.8, 4) is 11.8 Å². The van der Waals surface area contributed by atoms with Crippen LogP contribution in [0.4, 0.5) is 5.69 Å². The van der Waals surface area contributed by atoms with E-state index in [0.29, 0.717) is 30.0 Å². The molecule has 0 spiro atoms. The van der Waals surface area contributed by atoms with Gasteiger partial charge in [-0.3, -0.25) is 4.79 Å². The maximum absolute atomic E-state index is 12.0. The van der Waals surface area contributed by atoms with E-state index in [4.69, 9.17) is 4.74 Å². The van der Waals surface area contributed by atoms with Gasteiger partial charge in [-0.15, -0.1) is 12.4 Å². The number of aliphatic hydroxyl groups excluding tert-OH is 1. The number of anilines is 1. The molecule has 1 atom stereocenters. The molecule has 1 unspecified atom stereocenters. The van der Waals surface area contributed by atoms with Gasteiger partial charge in [-0.2, -0.15) is 5.26 Å². The molecule has 0 saturated carbocycles. The van der Waals surface area contributed by atoms with Crippen molar-refractivity contribution >= 4 is 24.0 Å². The Labute approximate surface area is 168 Å². The van der Waals surface area contributed by atoms with Gasteiger partial charge in [0.1, 0.15) is 24.5 Å². The summed E-state index contributed by atoms with van der Waals surface area (Å²) < 4.78 is 5.57. The average molecular weight is 398 g/mol. The van der Waals surface area contributed by atoms with Crippen LogP contribution >= 0.6 is 12.4 Å². The van der Waals surface area contributed by atoms with Crippen LogP contribution in [0.25, 0.3) is 0 Å². The molecule has 0 aliphatic rings. The van der Waals surface area contributed by atoms with Crippen LogP contribution in [0.3, 0.4) is 0 Å². The quantitative estimate of drug-likeness (QED) is 0.654. The van der Waals surface area contributed by atoms with Crippen LogP contribution in [0.1, 0.15) is 53.5 Å².